The Labute approximate surface area is 108 Å². The first kappa shape index (κ1) is 12.5. The van der Waals surface area contributed by atoms with E-state index in [0.29, 0.717) is 6.42 Å². The lowest BCUT2D eigenvalue weighted by atomic mass is 9.33. The summed E-state index contributed by atoms with van der Waals surface area (Å²) in [6.07, 6.45) is -2.77. The van der Waals surface area contributed by atoms with Gasteiger partial charge in [0, 0.05) is 0 Å². The molecular weight excluding hydrogens is 257 g/mol. The summed E-state index contributed by atoms with van der Waals surface area (Å²) in [6, 6.07) is 6.40. The van der Waals surface area contributed by atoms with Crippen LogP contribution in [-0.4, -0.2) is 17.3 Å². The number of hydrogen-bond donors (Lipinski definition) is 1. The summed E-state index contributed by atoms with van der Waals surface area (Å²) in [4.78, 5) is 10.7. The monoisotopic (exact) mass is 270 g/mol. The van der Waals surface area contributed by atoms with Crippen LogP contribution in [0.25, 0.3) is 0 Å². The summed E-state index contributed by atoms with van der Waals surface area (Å²) in [5, 5.41) is 8.77. The smallest absolute Gasteiger partial charge is 0.394 e. The van der Waals surface area contributed by atoms with E-state index in [1.54, 1.807) is 12.1 Å². The zero-order chi connectivity index (χ0) is 13.9. The molecule has 0 aliphatic heterocycles. The average molecular weight is 270 g/mol. The Morgan fingerprint density at radius 3 is 2.11 bits per heavy atom. The van der Waals surface area contributed by atoms with Gasteiger partial charge in [0.1, 0.15) is 0 Å². The molecule has 0 aromatic heterocycles. The second-order valence-corrected chi connectivity index (χ2v) is 5.99. The molecule has 0 amide bonds. The predicted octanol–water partition coefficient (Wildman–Crippen LogP) is 3.66. The molecule has 1 N–H and O–H groups in total. The molecule has 0 heterocycles. The normalized spacial score (nSPS) is 32.4. The minimum absolute atomic E-state index is 0.194. The van der Waals surface area contributed by atoms with E-state index in [2.05, 4.69) is 0 Å². The number of benzene rings is 1. The molecule has 2 bridgehead atoms. The van der Waals surface area contributed by atoms with E-state index in [1.165, 1.54) is 12.1 Å². The fraction of sp³-hybridized carbons (Fsp3) is 0.500. The van der Waals surface area contributed by atoms with Gasteiger partial charge in [-0.05, 0) is 48.8 Å². The highest BCUT2D eigenvalue weighted by Gasteiger charge is 2.77. The van der Waals surface area contributed by atoms with Gasteiger partial charge in [-0.3, -0.25) is 0 Å². The molecule has 0 spiro atoms. The van der Waals surface area contributed by atoms with Gasteiger partial charge < -0.3 is 5.11 Å². The van der Waals surface area contributed by atoms with Gasteiger partial charge in [-0.25, -0.2) is 4.79 Å². The second kappa shape index (κ2) is 3.52. The highest BCUT2D eigenvalue weighted by molar-refractivity contribution is 5.87. The Bertz CT molecular complexity index is 511. The molecule has 0 radical (unpaired) electrons. The third-order valence-corrected chi connectivity index (χ3v) is 4.52. The Kier molecular flexibility index (Phi) is 2.32. The van der Waals surface area contributed by atoms with E-state index >= 15 is 0 Å². The number of carboxylic acid groups (broad SMARTS) is 1. The quantitative estimate of drug-likeness (QED) is 0.910. The molecule has 19 heavy (non-hydrogen) atoms. The van der Waals surface area contributed by atoms with Crippen LogP contribution in [-0.2, 0) is 6.42 Å². The van der Waals surface area contributed by atoms with Crippen molar-refractivity contribution < 1.29 is 23.1 Å². The average Bonchev–Trinajstić information content (AvgIpc) is 2.20. The van der Waals surface area contributed by atoms with E-state index in [4.69, 9.17) is 5.11 Å². The van der Waals surface area contributed by atoms with Crippen molar-refractivity contribution in [3.05, 3.63) is 35.4 Å². The Balaban J connectivity index is 1.65. The molecule has 5 heteroatoms. The number of halogens is 3. The lowest BCUT2D eigenvalue weighted by molar-refractivity contribution is -0.362. The van der Waals surface area contributed by atoms with Gasteiger partial charge in [-0.15, -0.1) is 0 Å². The van der Waals surface area contributed by atoms with Crippen LogP contribution in [0, 0.1) is 10.8 Å². The van der Waals surface area contributed by atoms with E-state index < -0.39 is 17.6 Å². The highest BCUT2D eigenvalue weighted by Crippen LogP contribution is 2.79. The molecule has 3 saturated carbocycles. The van der Waals surface area contributed by atoms with Gasteiger partial charge in [-0.2, -0.15) is 13.2 Å². The third-order valence-electron chi connectivity index (χ3n) is 4.52. The van der Waals surface area contributed by atoms with Crippen molar-refractivity contribution in [1.29, 1.82) is 0 Å². The SMILES string of the molecule is O=C(O)c1ccc(CC23CC(C(F)(F)F)(C2)C3)cc1. The Morgan fingerprint density at radius 2 is 1.68 bits per heavy atom. The number of carbonyl (C=O) groups is 1. The number of aromatic carboxylic acids is 1. The molecule has 1 aromatic rings. The minimum Gasteiger partial charge on any atom is -0.478 e. The van der Waals surface area contributed by atoms with Crippen molar-refractivity contribution in [2.75, 3.05) is 0 Å². The molecule has 1 aromatic carbocycles. The van der Waals surface area contributed by atoms with Gasteiger partial charge in [0.05, 0.1) is 11.0 Å². The van der Waals surface area contributed by atoms with Gasteiger partial charge in [0.15, 0.2) is 0 Å². The Morgan fingerprint density at radius 1 is 1.16 bits per heavy atom. The van der Waals surface area contributed by atoms with Crippen molar-refractivity contribution >= 4 is 5.97 Å². The van der Waals surface area contributed by atoms with Crippen molar-refractivity contribution in [2.24, 2.45) is 10.8 Å². The van der Waals surface area contributed by atoms with Crippen molar-refractivity contribution in [3.8, 4) is 0 Å². The first-order valence-electron chi connectivity index (χ1n) is 6.14. The topological polar surface area (TPSA) is 37.3 Å². The van der Waals surface area contributed by atoms with E-state index in [9.17, 15) is 18.0 Å². The first-order chi connectivity index (χ1) is 8.75. The summed E-state index contributed by atoms with van der Waals surface area (Å²) in [6.45, 7) is 0. The van der Waals surface area contributed by atoms with Gasteiger partial charge in [-0.1, -0.05) is 12.1 Å². The van der Waals surface area contributed by atoms with Gasteiger partial charge >= 0.3 is 12.1 Å². The molecule has 4 rings (SSSR count). The van der Waals surface area contributed by atoms with Gasteiger partial charge in [0.25, 0.3) is 0 Å². The zero-order valence-electron chi connectivity index (χ0n) is 10.1. The predicted molar refractivity (Wildman–Crippen MR) is 61.9 cm³/mol. The molecular formula is C14H13F3O2. The highest BCUT2D eigenvalue weighted by atomic mass is 19.4. The van der Waals surface area contributed by atoms with E-state index in [0.717, 1.165) is 5.56 Å². The molecule has 3 fully saturated rings. The van der Waals surface area contributed by atoms with Crippen LogP contribution in [0.1, 0.15) is 35.2 Å². The summed E-state index contributed by atoms with van der Waals surface area (Å²) in [7, 11) is 0. The van der Waals surface area contributed by atoms with Crippen LogP contribution >= 0.6 is 0 Å². The largest absolute Gasteiger partial charge is 0.478 e. The summed E-state index contributed by atoms with van der Waals surface area (Å²) in [5.41, 5.74) is -0.484. The number of hydrogen-bond acceptors (Lipinski definition) is 1. The van der Waals surface area contributed by atoms with Crippen LogP contribution in [0.2, 0.25) is 0 Å². The van der Waals surface area contributed by atoms with E-state index in [1.807, 2.05) is 0 Å². The number of carboxylic acids is 1. The molecule has 0 unspecified atom stereocenters. The van der Waals surface area contributed by atoms with Crippen LogP contribution < -0.4 is 0 Å². The van der Waals surface area contributed by atoms with Crippen LogP contribution in [0.15, 0.2) is 24.3 Å². The first-order valence-corrected chi connectivity index (χ1v) is 6.14. The molecule has 3 aliphatic rings. The maximum atomic E-state index is 12.7. The van der Waals surface area contributed by atoms with Crippen LogP contribution in [0.5, 0.6) is 0 Å². The maximum absolute atomic E-state index is 12.7. The lowest BCUT2D eigenvalue weighted by Gasteiger charge is -2.71. The standard InChI is InChI=1S/C14H13F3O2/c15-14(16,17)13-6-12(7-13,8-13)5-9-1-3-10(4-2-9)11(18)19/h1-4H,5-8H2,(H,18,19). The second-order valence-electron chi connectivity index (χ2n) is 5.99. The van der Waals surface area contributed by atoms with Crippen molar-refractivity contribution in [2.45, 2.75) is 31.9 Å². The third kappa shape index (κ3) is 1.75. The fourth-order valence-electron chi connectivity index (χ4n) is 3.68. The minimum atomic E-state index is -4.07. The molecule has 0 atom stereocenters. The van der Waals surface area contributed by atoms with Crippen LogP contribution in [0.4, 0.5) is 13.2 Å². The zero-order valence-corrected chi connectivity index (χ0v) is 10.1. The molecule has 102 valence electrons. The lowest BCUT2D eigenvalue weighted by Crippen LogP contribution is -2.68. The molecule has 0 saturated heterocycles. The summed E-state index contributed by atoms with van der Waals surface area (Å²) < 4.78 is 38.1. The fourth-order valence-corrected chi connectivity index (χ4v) is 3.68. The maximum Gasteiger partial charge on any atom is 0.394 e. The molecule has 3 aliphatic carbocycles. The number of alkyl halides is 3. The van der Waals surface area contributed by atoms with Gasteiger partial charge in [0.2, 0.25) is 0 Å². The summed E-state index contributed by atoms with van der Waals surface area (Å²) in [5.74, 6) is -0.993. The van der Waals surface area contributed by atoms with Crippen molar-refractivity contribution in [3.63, 3.8) is 0 Å². The number of rotatable bonds is 3. The van der Waals surface area contributed by atoms with Crippen molar-refractivity contribution in [1.82, 2.24) is 0 Å². The molecule has 2 nitrogen and oxygen atoms in total. The van der Waals surface area contributed by atoms with Crippen LogP contribution in [0.3, 0.4) is 0 Å². The van der Waals surface area contributed by atoms with E-state index in [-0.39, 0.29) is 30.2 Å². The summed E-state index contributed by atoms with van der Waals surface area (Å²) >= 11 is 0. The Hall–Kier alpha value is -1.52.